The lowest BCUT2D eigenvalue weighted by molar-refractivity contribution is 0.00578. The summed E-state index contributed by atoms with van der Waals surface area (Å²) >= 11 is 0. The summed E-state index contributed by atoms with van der Waals surface area (Å²) in [7, 11) is -0.504. The molecule has 1 aromatic carbocycles. The maximum atomic E-state index is 12.7. The maximum Gasteiger partial charge on any atom is 0.494 e. The molecule has 3 aliphatic rings. The van der Waals surface area contributed by atoms with Crippen LogP contribution in [0.25, 0.3) is 5.70 Å². The highest BCUT2D eigenvalue weighted by atomic mass is 16.7. The monoisotopic (exact) mass is 368 g/mol. The van der Waals surface area contributed by atoms with Crippen molar-refractivity contribution in [1.29, 1.82) is 0 Å². The van der Waals surface area contributed by atoms with Crippen LogP contribution in [-0.4, -0.2) is 36.3 Å². The van der Waals surface area contributed by atoms with E-state index in [2.05, 4.69) is 17.2 Å². The normalized spacial score (nSPS) is 23.2. The van der Waals surface area contributed by atoms with Crippen LogP contribution in [0.15, 0.2) is 24.8 Å². The van der Waals surface area contributed by atoms with Gasteiger partial charge in [-0.15, -0.1) is 0 Å². The summed E-state index contributed by atoms with van der Waals surface area (Å²) in [4.78, 5) is 12.7. The quantitative estimate of drug-likeness (QED) is 0.758. The maximum absolute atomic E-state index is 12.7. The van der Waals surface area contributed by atoms with Gasteiger partial charge in [-0.1, -0.05) is 12.6 Å². The van der Waals surface area contributed by atoms with Gasteiger partial charge in [0.15, 0.2) is 0 Å². The van der Waals surface area contributed by atoms with Gasteiger partial charge in [0.05, 0.1) is 11.2 Å². The molecular formula is C21H29BN2O3. The second-order valence-electron chi connectivity index (χ2n) is 9.08. The molecule has 1 amide bonds. The van der Waals surface area contributed by atoms with Crippen LogP contribution in [0, 0.1) is 0 Å². The molecular weight excluding hydrogens is 339 g/mol. The summed E-state index contributed by atoms with van der Waals surface area (Å²) in [6.45, 7) is 12.3. The Morgan fingerprint density at radius 2 is 1.48 bits per heavy atom. The Hall–Kier alpha value is -1.79. The fourth-order valence-corrected chi connectivity index (χ4v) is 3.13. The van der Waals surface area contributed by atoms with Crippen LogP contribution in [0.1, 0.15) is 69.3 Å². The summed E-state index contributed by atoms with van der Waals surface area (Å²) in [6, 6.07) is 6.63. The molecule has 2 N–H and O–H groups in total. The highest BCUT2D eigenvalue weighted by Gasteiger charge is 2.51. The molecule has 6 heteroatoms. The van der Waals surface area contributed by atoms with Gasteiger partial charge in [-0.2, -0.15) is 0 Å². The summed E-state index contributed by atoms with van der Waals surface area (Å²) in [5, 5.41) is 6.50. The average Bonchev–Trinajstić information content (AvgIpc) is 3.49. The number of carbonyl (C=O) groups is 1. The molecule has 0 radical (unpaired) electrons. The Morgan fingerprint density at radius 1 is 0.963 bits per heavy atom. The minimum Gasteiger partial charge on any atom is -0.399 e. The third-order valence-electron chi connectivity index (χ3n) is 5.96. The van der Waals surface area contributed by atoms with Crippen LogP contribution in [0.3, 0.4) is 0 Å². The molecule has 2 aliphatic carbocycles. The third kappa shape index (κ3) is 3.92. The zero-order valence-electron chi connectivity index (χ0n) is 16.7. The molecule has 4 rings (SSSR count). The van der Waals surface area contributed by atoms with Crippen molar-refractivity contribution in [2.24, 2.45) is 0 Å². The van der Waals surface area contributed by atoms with Gasteiger partial charge < -0.3 is 19.9 Å². The van der Waals surface area contributed by atoms with E-state index in [1.807, 2.05) is 45.9 Å². The molecule has 0 atom stereocenters. The van der Waals surface area contributed by atoms with E-state index < -0.39 is 18.3 Å². The van der Waals surface area contributed by atoms with Crippen molar-refractivity contribution in [1.82, 2.24) is 10.6 Å². The number of rotatable bonds is 6. The van der Waals surface area contributed by atoms with Crippen molar-refractivity contribution < 1.29 is 14.1 Å². The first-order chi connectivity index (χ1) is 12.6. The molecule has 0 aromatic heterocycles. The van der Waals surface area contributed by atoms with Gasteiger partial charge in [0.2, 0.25) is 0 Å². The largest absolute Gasteiger partial charge is 0.494 e. The first-order valence-electron chi connectivity index (χ1n) is 9.92. The zero-order chi connectivity index (χ0) is 19.4. The Bertz CT molecular complexity index is 721. The van der Waals surface area contributed by atoms with Crippen LogP contribution < -0.4 is 16.1 Å². The first kappa shape index (κ1) is 18.6. The molecule has 1 saturated heterocycles. The smallest absolute Gasteiger partial charge is 0.399 e. The van der Waals surface area contributed by atoms with Gasteiger partial charge in [0.25, 0.3) is 5.91 Å². The third-order valence-corrected chi connectivity index (χ3v) is 5.96. The summed E-state index contributed by atoms with van der Waals surface area (Å²) in [5.74, 6) is -0.0451. The Labute approximate surface area is 162 Å². The van der Waals surface area contributed by atoms with Crippen molar-refractivity contribution in [3.8, 4) is 0 Å². The van der Waals surface area contributed by atoms with E-state index in [0.29, 0.717) is 17.6 Å². The van der Waals surface area contributed by atoms with Crippen LogP contribution >= 0.6 is 0 Å². The van der Waals surface area contributed by atoms with Crippen LogP contribution in [-0.2, 0) is 9.31 Å². The van der Waals surface area contributed by atoms with Crippen molar-refractivity contribution in [3.63, 3.8) is 0 Å². The molecule has 1 aliphatic heterocycles. The molecule has 1 aromatic rings. The van der Waals surface area contributed by atoms with Crippen molar-refractivity contribution in [2.45, 2.75) is 76.7 Å². The van der Waals surface area contributed by atoms with Crippen molar-refractivity contribution in [3.05, 3.63) is 35.9 Å². The summed E-state index contributed by atoms with van der Waals surface area (Å²) < 4.78 is 12.4. The topological polar surface area (TPSA) is 59.6 Å². The number of amides is 1. The van der Waals surface area contributed by atoms with E-state index in [-0.39, 0.29) is 5.91 Å². The Kier molecular flexibility index (Phi) is 4.39. The van der Waals surface area contributed by atoms with Gasteiger partial charge >= 0.3 is 7.12 Å². The minimum absolute atomic E-state index is 0.0451. The van der Waals surface area contributed by atoms with Crippen molar-refractivity contribution in [2.75, 3.05) is 0 Å². The van der Waals surface area contributed by atoms with Gasteiger partial charge in [0.1, 0.15) is 0 Å². The minimum atomic E-state index is -0.504. The van der Waals surface area contributed by atoms with Crippen molar-refractivity contribution >= 4 is 24.2 Å². The fraction of sp³-hybridized carbons (Fsp3) is 0.571. The van der Waals surface area contributed by atoms with Crippen LogP contribution in [0.5, 0.6) is 0 Å². The summed E-state index contributed by atoms with van der Waals surface area (Å²) in [5.41, 5.74) is 2.39. The first-order valence-corrected chi connectivity index (χ1v) is 9.92. The average molecular weight is 368 g/mol. The Balaban J connectivity index is 1.64. The zero-order valence-corrected chi connectivity index (χ0v) is 16.7. The van der Waals surface area contributed by atoms with Crippen LogP contribution in [0.4, 0.5) is 0 Å². The molecule has 0 unspecified atom stereocenters. The fourth-order valence-electron chi connectivity index (χ4n) is 3.13. The number of benzene rings is 1. The number of carbonyl (C=O) groups excluding carboxylic acids is 1. The van der Waals surface area contributed by atoms with Gasteiger partial charge in [-0.3, -0.25) is 4.79 Å². The molecule has 1 heterocycles. The van der Waals surface area contributed by atoms with E-state index in [0.717, 1.165) is 29.6 Å². The predicted molar refractivity (Wildman–Crippen MR) is 108 cm³/mol. The van der Waals surface area contributed by atoms with E-state index in [4.69, 9.17) is 9.31 Å². The number of hydrogen-bond donors (Lipinski definition) is 2. The van der Waals surface area contributed by atoms with E-state index in [1.54, 1.807) is 0 Å². The lowest BCUT2D eigenvalue weighted by Crippen LogP contribution is -2.41. The van der Waals surface area contributed by atoms with Gasteiger partial charge in [-0.25, -0.2) is 0 Å². The highest BCUT2D eigenvalue weighted by Crippen LogP contribution is 2.36. The van der Waals surface area contributed by atoms with Gasteiger partial charge in [-0.05, 0) is 76.5 Å². The Morgan fingerprint density at radius 3 is 2.04 bits per heavy atom. The standard InChI is InChI=1S/C21H29BN2O3/c1-13(23-17-6-7-17)14-10-15(19(25)24-18-8-9-18)12-16(11-14)22-26-20(2,3)21(4,5)27-22/h10-12,17-18,23H,1,6-9H2,2-5H3,(H,24,25). The second kappa shape index (κ2) is 6.38. The lowest BCUT2D eigenvalue weighted by Gasteiger charge is -2.32. The molecule has 2 saturated carbocycles. The summed E-state index contributed by atoms with van der Waals surface area (Å²) in [6.07, 6.45) is 4.47. The SMILES string of the molecule is C=C(NC1CC1)c1cc(B2OC(C)(C)C(C)(C)O2)cc(C(=O)NC2CC2)c1. The van der Waals surface area contributed by atoms with E-state index >= 15 is 0 Å². The van der Waals surface area contributed by atoms with E-state index in [9.17, 15) is 4.79 Å². The molecule has 144 valence electrons. The molecule has 5 nitrogen and oxygen atoms in total. The van der Waals surface area contributed by atoms with Gasteiger partial charge in [0, 0.05) is 23.3 Å². The lowest BCUT2D eigenvalue weighted by atomic mass is 9.77. The van der Waals surface area contributed by atoms with E-state index in [1.165, 1.54) is 12.8 Å². The highest BCUT2D eigenvalue weighted by molar-refractivity contribution is 6.62. The number of hydrogen-bond acceptors (Lipinski definition) is 4. The van der Waals surface area contributed by atoms with Crippen LogP contribution in [0.2, 0.25) is 0 Å². The molecule has 27 heavy (non-hydrogen) atoms. The molecule has 0 bridgehead atoms. The predicted octanol–water partition coefficient (Wildman–Crippen LogP) is 2.60. The number of nitrogens with one attached hydrogen (secondary N) is 2. The molecule has 3 fully saturated rings. The second-order valence-corrected chi connectivity index (χ2v) is 9.08. The molecule has 0 spiro atoms.